The zero-order valence-electron chi connectivity index (χ0n) is 18.7. The summed E-state index contributed by atoms with van der Waals surface area (Å²) in [5, 5.41) is 14.3. The van der Waals surface area contributed by atoms with Crippen molar-refractivity contribution in [3.05, 3.63) is 40.8 Å². The number of aliphatic hydroxyl groups is 1. The van der Waals surface area contributed by atoms with Crippen LogP contribution in [0.15, 0.2) is 29.2 Å². The Morgan fingerprint density at radius 1 is 1.19 bits per heavy atom. The summed E-state index contributed by atoms with van der Waals surface area (Å²) >= 11 is 6.04. The van der Waals surface area contributed by atoms with Gasteiger partial charge in [0.05, 0.1) is 33.4 Å². The summed E-state index contributed by atoms with van der Waals surface area (Å²) in [4.78, 5) is 13.0. The Hall–Kier alpha value is -1.70. The lowest BCUT2D eigenvalue weighted by Crippen LogP contribution is -2.48. The van der Waals surface area contributed by atoms with Crippen molar-refractivity contribution < 1.29 is 9.32 Å². The number of nitrogens with zero attached hydrogens (tertiary/aromatic N) is 3. The largest absolute Gasteiger partial charge is 0.394 e. The van der Waals surface area contributed by atoms with Gasteiger partial charge in [-0.15, -0.1) is 0 Å². The Kier molecular flexibility index (Phi) is 5.71. The standard InChI is InChI=1S/C24H31ClN4O2S/c1-23(2)14-19-20(32(23)31)22(28-24(15-30)10-3-11-24)27-21(26-19)16-8-12-29(13-9-16)18-6-4-17(25)5-7-18/h4-7,16,30H,3,8-15H2,1-2H3,(H,26,27,28)/t32-/m1/s1. The van der Waals surface area contributed by atoms with Gasteiger partial charge in [0.2, 0.25) is 0 Å². The van der Waals surface area contributed by atoms with Crippen molar-refractivity contribution in [1.82, 2.24) is 9.97 Å². The summed E-state index contributed by atoms with van der Waals surface area (Å²) in [5.74, 6) is 1.81. The Morgan fingerprint density at radius 2 is 1.88 bits per heavy atom. The molecule has 1 aromatic carbocycles. The highest BCUT2D eigenvalue weighted by Crippen LogP contribution is 2.43. The van der Waals surface area contributed by atoms with Gasteiger partial charge in [-0.05, 0) is 70.2 Å². The molecule has 0 unspecified atom stereocenters. The van der Waals surface area contributed by atoms with Gasteiger partial charge >= 0.3 is 0 Å². The number of piperidine rings is 1. The molecule has 32 heavy (non-hydrogen) atoms. The number of aromatic nitrogens is 2. The molecule has 0 amide bonds. The molecule has 8 heteroatoms. The molecule has 3 aliphatic rings. The van der Waals surface area contributed by atoms with Crippen molar-refractivity contribution in [2.24, 2.45) is 0 Å². The third-order valence-electron chi connectivity index (χ3n) is 7.28. The highest BCUT2D eigenvalue weighted by molar-refractivity contribution is 7.87. The average molecular weight is 475 g/mol. The van der Waals surface area contributed by atoms with Crippen LogP contribution >= 0.6 is 11.6 Å². The molecule has 1 aliphatic carbocycles. The van der Waals surface area contributed by atoms with E-state index in [9.17, 15) is 9.32 Å². The Balaban J connectivity index is 1.41. The molecule has 3 heterocycles. The van der Waals surface area contributed by atoms with E-state index in [1.807, 2.05) is 26.0 Å². The van der Waals surface area contributed by atoms with Gasteiger partial charge in [-0.25, -0.2) is 9.97 Å². The third kappa shape index (κ3) is 3.93. The maximum Gasteiger partial charge on any atom is 0.146 e. The lowest BCUT2D eigenvalue weighted by Gasteiger charge is -2.42. The second-order valence-corrected chi connectivity index (χ2v) is 12.6. The van der Waals surface area contributed by atoms with Crippen molar-refractivity contribution in [2.45, 2.75) is 73.5 Å². The summed E-state index contributed by atoms with van der Waals surface area (Å²) in [6, 6.07) is 8.01. The highest BCUT2D eigenvalue weighted by atomic mass is 35.5. The van der Waals surface area contributed by atoms with Gasteiger partial charge in [-0.3, -0.25) is 4.21 Å². The number of hydrogen-bond acceptors (Lipinski definition) is 6. The normalized spacial score (nSPS) is 24.1. The van der Waals surface area contributed by atoms with E-state index in [-0.39, 0.29) is 22.8 Å². The van der Waals surface area contributed by atoms with Crippen LogP contribution in [0.3, 0.4) is 0 Å². The summed E-state index contributed by atoms with van der Waals surface area (Å²) in [7, 11) is -1.17. The van der Waals surface area contributed by atoms with Crippen molar-refractivity contribution >= 4 is 33.9 Å². The topological polar surface area (TPSA) is 78.3 Å². The quantitative estimate of drug-likeness (QED) is 0.673. The smallest absolute Gasteiger partial charge is 0.146 e. The maximum atomic E-state index is 13.2. The van der Waals surface area contributed by atoms with Gasteiger partial charge in [0, 0.05) is 36.1 Å². The van der Waals surface area contributed by atoms with Crippen LogP contribution in [0.25, 0.3) is 0 Å². The van der Waals surface area contributed by atoms with Crippen LogP contribution in [0, 0.1) is 0 Å². The van der Waals surface area contributed by atoms with Crippen molar-refractivity contribution in [3.8, 4) is 0 Å². The molecule has 5 rings (SSSR count). The van der Waals surface area contributed by atoms with E-state index in [1.165, 1.54) is 5.69 Å². The predicted molar refractivity (Wildman–Crippen MR) is 129 cm³/mol. The Morgan fingerprint density at radius 3 is 2.47 bits per heavy atom. The SMILES string of the molecule is CC1(C)Cc2nc(C3CCN(c4ccc(Cl)cc4)CC3)nc(NC3(CO)CCC3)c2[S@]1=O. The Labute approximate surface area is 197 Å². The van der Waals surface area contributed by atoms with Crippen LogP contribution in [0.4, 0.5) is 11.5 Å². The fraction of sp³-hybridized carbons (Fsp3) is 0.583. The second-order valence-electron chi connectivity index (χ2n) is 10.1. The molecule has 0 radical (unpaired) electrons. The molecule has 1 aromatic heterocycles. The molecular weight excluding hydrogens is 444 g/mol. The van der Waals surface area contributed by atoms with Crippen molar-refractivity contribution in [1.29, 1.82) is 0 Å². The van der Waals surface area contributed by atoms with Gasteiger partial charge < -0.3 is 15.3 Å². The van der Waals surface area contributed by atoms with E-state index in [1.54, 1.807) is 0 Å². The van der Waals surface area contributed by atoms with Crippen LogP contribution in [-0.2, 0) is 17.2 Å². The highest BCUT2D eigenvalue weighted by Gasteiger charge is 2.44. The summed E-state index contributed by atoms with van der Waals surface area (Å²) in [6.45, 7) is 6.01. The van der Waals surface area contributed by atoms with Crippen LogP contribution in [0.2, 0.25) is 5.02 Å². The fourth-order valence-corrected chi connectivity index (χ4v) is 6.62. The third-order valence-corrected chi connectivity index (χ3v) is 9.48. The monoisotopic (exact) mass is 474 g/mol. The number of fused-ring (bicyclic) bond motifs is 1. The molecule has 1 saturated carbocycles. The minimum Gasteiger partial charge on any atom is -0.394 e. The number of nitrogens with one attached hydrogen (secondary N) is 1. The molecule has 2 N–H and O–H groups in total. The van der Waals surface area contributed by atoms with Crippen LogP contribution < -0.4 is 10.2 Å². The van der Waals surface area contributed by atoms with Crippen LogP contribution in [-0.4, -0.2) is 49.3 Å². The average Bonchev–Trinajstić information content (AvgIpc) is 2.99. The number of benzene rings is 1. The second kappa shape index (κ2) is 8.26. The van der Waals surface area contributed by atoms with Gasteiger partial charge in [0.25, 0.3) is 0 Å². The molecule has 172 valence electrons. The molecule has 2 aromatic rings. The number of anilines is 2. The van der Waals surface area contributed by atoms with E-state index in [4.69, 9.17) is 21.6 Å². The number of halogens is 1. The first kappa shape index (κ1) is 22.1. The van der Waals surface area contributed by atoms with Gasteiger partial charge in [0.1, 0.15) is 16.5 Å². The van der Waals surface area contributed by atoms with Gasteiger partial charge in [-0.1, -0.05) is 11.6 Å². The predicted octanol–water partition coefficient (Wildman–Crippen LogP) is 4.28. The summed E-state index contributed by atoms with van der Waals surface area (Å²) < 4.78 is 12.9. The molecule has 1 saturated heterocycles. The molecule has 0 bridgehead atoms. The van der Waals surface area contributed by atoms with E-state index < -0.39 is 10.8 Å². The van der Waals surface area contributed by atoms with Gasteiger partial charge in [0.15, 0.2) is 0 Å². The number of aliphatic hydroxyl groups excluding tert-OH is 1. The van der Waals surface area contributed by atoms with Gasteiger partial charge in [-0.2, -0.15) is 0 Å². The van der Waals surface area contributed by atoms with Crippen molar-refractivity contribution in [2.75, 3.05) is 29.9 Å². The zero-order valence-corrected chi connectivity index (χ0v) is 20.3. The van der Waals surface area contributed by atoms with Crippen molar-refractivity contribution in [3.63, 3.8) is 0 Å². The first-order chi connectivity index (χ1) is 15.3. The summed E-state index contributed by atoms with van der Waals surface area (Å²) in [5.41, 5.74) is 1.76. The first-order valence-electron chi connectivity index (χ1n) is 11.5. The molecule has 0 spiro atoms. The van der Waals surface area contributed by atoms with E-state index in [0.717, 1.165) is 66.6 Å². The molecular formula is C24H31ClN4O2S. The van der Waals surface area contributed by atoms with Crippen LogP contribution in [0.5, 0.6) is 0 Å². The fourth-order valence-electron chi connectivity index (χ4n) is 5.07. The molecule has 6 nitrogen and oxygen atoms in total. The van der Waals surface area contributed by atoms with Crippen LogP contribution in [0.1, 0.15) is 63.4 Å². The minimum atomic E-state index is -1.17. The Bertz CT molecular complexity index is 1030. The maximum absolute atomic E-state index is 13.2. The first-order valence-corrected chi connectivity index (χ1v) is 13.1. The molecule has 2 fully saturated rings. The lowest BCUT2D eigenvalue weighted by atomic mass is 9.77. The molecule has 1 atom stereocenters. The minimum absolute atomic E-state index is 0.0661. The lowest BCUT2D eigenvalue weighted by molar-refractivity contribution is 0.143. The molecule has 2 aliphatic heterocycles. The number of rotatable bonds is 5. The zero-order chi connectivity index (χ0) is 22.5. The van der Waals surface area contributed by atoms with E-state index in [2.05, 4.69) is 22.3 Å². The van der Waals surface area contributed by atoms with E-state index in [0.29, 0.717) is 12.2 Å². The summed E-state index contributed by atoms with van der Waals surface area (Å²) in [6.07, 6.45) is 5.54. The number of hydrogen-bond donors (Lipinski definition) is 2. The van der Waals surface area contributed by atoms with E-state index >= 15 is 0 Å².